The van der Waals surface area contributed by atoms with Gasteiger partial charge in [0.2, 0.25) is 0 Å². The topological polar surface area (TPSA) is 3.24 Å². The van der Waals surface area contributed by atoms with E-state index < -0.39 is 0 Å². The molecule has 0 aromatic heterocycles. The molecule has 0 saturated carbocycles. The molecule has 1 nitrogen and oxygen atoms in total. The van der Waals surface area contributed by atoms with Crippen molar-refractivity contribution in [3.63, 3.8) is 0 Å². The van der Waals surface area contributed by atoms with Gasteiger partial charge in [0, 0.05) is 16.5 Å². The molecule has 0 atom stereocenters. The fourth-order valence-electron chi connectivity index (χ4n) is 6.34. The molecule has 0 saturated heterocycles. The summed E-state index contributed by atoms with van der Waals surface area (Å²) >= 11 is 0. The second-order valence-corrected chi connectivity index (χ2v) is 13.5. The molecule has 0 unspecified atom stereocenters. The van der Waals surface area contributed by atoms with Crippen molar-refractivity contribution in [2.45, 2.75) is 52.4 Å². The van der Waals surface area contributed by atoms with Gasteiger partial charge in [0.05, 0.1) is 11.4 Å². The molecule has 0 aliphatic heterocycles. The van der Waals surface area contributed by atoms with E-state index in [0.717, 1.165) is 5.69 Å². The van der Waals surface area contributed by atoms with E-state index in [1.807, 2.05) is 0 Å². The zero-order valence-corrected chi connectivity index (χ0v) is 24.9. The lowest BCUT2D eigenvalue weighted by Gasteiger charge is -2.30. The third-order valence-electron chi connectivity index (χ3n) is 8.62. The lowest BCUT2D eigenvalue weighted by Crippen LogP contribution is -2.14. The van der Waals surface area contributed by atoms with Crippen LogP contribution in [0.25, 0.3) is 43.1 Å². The highest BCUT2D eigenvalue weighted by molar-refractivity contribution is 6.27. The second-order valence-electron chi connectivity index (χ2n) is 13.5. The maximum absolute atomic E-state index is 2.48. The number of para-hydroxylation sites is 1. The molecule has 0 amide bonds. The summed E-state index contributed by atoms with van der Waals surface area (Å²) in [5, 5.41) is 10.4. The average molecular weight is 532 g/mol. The highest BCUT2D eigenvalue weighted by atomic mass is 15.1. The van der Waals surface area contributed by atoms with Crippen molar-refractivity contribution >= 4 is 60.2 Å². The summed E-state index contributed by atoms with van der Waals surface area (Å²) in [4.78, 5) is 2.48. The van der Waals surface area contributed by atoms with Gasteiger partial charge in [-0.3, -0.25) is 0 Å². The monoisotopic (exact) mass is 531 g/mol. The molecule has 41 heavy (non-hydrogen) atoms. The fraction of sp³-hybridized carbons (Fsp3) is 0.200. The Morgan fingerprint density at radius 3 is 1.71 bits per heavy atom. The number of benzene rings is 7. The van der Waals surface area contributed by atoms with Crippen molar-refractivity contribution in [2.75, 3.05) is 4.90 Å². The molecule has 7 aromatic rings. The number of nitrogens with zero attached hydrogens (tertiary/aromatic N) is 1. The van der Waals surface area contributed by atoms with Crippen LogP contribution in [-0.2, 0) is 10.8 Å². The fourth-order valence-corrected chi connectivity index (χ4v) is 6.34. The van der Waals surface area contributed by atoms with Gasteiger partial charge < -0.3 is 4.90 Å². The minimum Gasteiger partial charge on any atom is -0.309 e. The van der Waals surface area contributed by atoms with Crippen LogP contribution in [0.15, 0.2) is 115 Å². The molecule has 0 heterocycles. The Balaban J connectivity index is 1.68. The Morgan fingerprint density at radius 1 is 0.415 bits per heavy atom. The highest BCUT2D eigenvalue weighted by Gasteiger charge is 2.24. The van der Waals surface area contributed by atoms with Crippen molar-refractivity contribution in [1.82, 2.24) is 0 Å². The molecular weight excluding hydrogens is 494 g/mol. The summed E-state index contributed by atoms with van der Waals surface area (Å²) in [5.41, 5.74) is 6.36. The SMILES string of the molecule is CC(C)(C)c1cc2ccc3cc(C(C)(C)C)cc4c(N(c5ccccc5)c5cccc6ccccc56)cc(c1)c2c34. The number of hydrogen-bond donors (Lipinski definition) is 0. The van der Waals surface area contributed by atoms with Gasteiger partial charge in [-0.05, 0) is 84.6 Å². The number of hydrogen-bond acceptors (Lipinski definition) is 1. The number of rotatable bonds is 3. The predicted molar refractivity (Wildman–Crippen MR) is 180 cm³/mol. The van der Waals surface area contributed by atoms with Gasteiger partial charge in [-0.2, -0.15) is 0 Å². The van der Waals surface area contributed by atoms with E-state index in [0.29, 0.717) is 0 Å². The van der Waals surface area contributed by atoms with Crippen LogP contribution in [0.1, 0.15) is 52.7 Å². The molecule has 0 aliphatic carbocycles. The van der Waals surface area contributed by atoms with E-state index in [4.69, 9.17) is 0 Å². The minimum absolute atomic E-state index is 0.0259. The molecule has 7 rings (SSSR count). The molecule has 0 spiro atoms. The normalized spacial score (nSPS) is 12.6. The summed E-state index contributed by atoms with van der Waals surface area (Å²) in [6.07, 6.45) is 0. The van der Waals surface area contributed by atoms with Crippen LogP contribution in [-0.4, -0.2) is 0 Å². The predicted octanol–water partition coefficient (Wildman–Crippen LogP) is 11.8. The van der Waals surface area contributed by atoms with Crippen molar-refractivity contribution in [1.29, 1.82) is 0 Å². The van der Waals surface area contributed by atoms with E-state index >= 15 is 0 Å². The third kappa shape index (κ3) is 4.23. The third-order valence-corrected chi connectivity index (χ3v) is 8.62. The molecule has 0 aliphatic rings. The Bertz CT molecular complexity index is 2050. The van der Waals surface area contributed by atoms with E-state index in [-0.39, 0.29) is 10.8 Å². The summed E-state index contributed by atoms with van der Waals surface area (Å²) < 4.78 is 0. The first-order valence-electron chi connectivity index (χ1n) is 14.7. The van der Waals surface area contributed by atoms with Crippen LogP contribution < -0.4 is 4.90 Å². The molecule has 0 fully saturated rings. The van der Waals surface area contributed by atoms with Gasteiger partial charge in [0.25, 0.3) is 0 Å². The Hall–Kier alpha value is -4.36. The average Bonchev–Trinajstić information content (AvgIpc) is 2.95. The van der Waals surface area contributed by atoms with Gasteiger partial charge in [-0.15, -0.1) is 0 Å². The molecule has 7 aromatic carbocycles. The Morgan fingerprint density at radius 2 is 1.00 bits per heavy atom. The lowest BCUT2D eigenvalue weighted by molar-refractivity contribution is 0.591. The first-order valence-corrected chi connectivity index (χ1v) is 14.7. The summed E-state index contributed by atoms with van der Waals surface area (Å²) in [6, 6.07) is 43.0. The largest absolute Gasteiger partial charge is 0.309 e. The molecule has 0 radical (unpaired) electrons. The van der Waals surface area contributed by atoms with Gasteiger partial charge >= 0.3 is 0 Å². The molecule has 202 valence electrons. The summed E-state index contributed by atoms with van der Waals surface area (Å²) in [7, 11) is 0. The quantitative estimate of drug-likeness (QED) is 0.205. The van der Waals surface area contributed by atoms with Crippen molar-refractivity contribution in [2.24, 2.45) is 0 Å². The Labute approximate surface area is 243 Å². The zero-order valence-electron chi connectivity index (χ0n) is 24.9. The summed E-state index contributed by atoms with van der Waals surface area (Å²) in [5.74, 6) is 0. The highest BCUT2D eigenvalue weighted by Crippen LogP contribution is 2.48. The van der Waals surface area contributed by atoms with Gasteiger partial charge in [0.1, 0.15) is 0 Å². The number of fused-ring (bicyclic) bond motifs is 1. The van der Waals surface area contributed by atoms with Crippen LogP contribution in [0, 0.1) is 0 Å². The van der Waals surface area contributed by atoms with Crippen LogP contribution in [0.2, 0.25) is 0 Å². The first kappa shape index (κ1) is 25.6. The second kappa shape index (κ2) is 9.08. The maximum atomic E-state index is 2.48. The standard InChI is InChI=1S/C40H37N/c1-39(2,3)30-21-27-19-20-28-22-31(40(4,5)6)25-34-36(24-29(23-30)37(27)38(28)34)41(32-15-8-7-9-16-32)35-18-12-14-26-13-10-11-17-33(26)35/h7-25H,1-6H3. The molecule has 1 heteroatoms. The molecule has 0 N–H and O–H groups in total. The van der Waals surface area contributed by atoms with Crippen LogP contribution in [0.3, 0.4) is 0 Å². The molecule has 0 bridgehead atoms. The van der Waals surface area contributed by atoms with Gasteiger partial charge in [-0.1, -0.05) is 126 Å². The van der Waals surface area contributed by atoms with E-state index in [9.17, 15) is 0 Å². The Kier molecular flexibility index (Phi) is 5.67. The number of anilines is 3. The van der Waals surface area contributed by atoms with Gasteiger partial charge in [-0.25, -0.2) is 0 Å². The van der Waals surface area contributed by atoms with Crippen LogP contribution in [0.4, 0.5) is 17.1 Å². The van der Waals surface area contributed by atoms with E-state index in [1.165, 1.54) is 65.6 Å². The van der Waals surface area contributed by atoms with E-state index in [2.05, 4.69) is 162 Å². The minimum atomic E-state index is 0.0259. The first-order chi connectivity index (χ1) is 19.6. The van der Waals surface area contributed by atoms with Crippen molar-refractivity contribution in [3.05, 3.63) is 126 Å². The maximum Gasteiger partial charge on any atom is 0.0547 e. The van der Waals surface area contributed by atoms with E-state index in [1.54, 1.807) is 0 Å². The smallest absolute Gasteiger partial charge is 0.0547 e. The lowest BCUT2D eigenvalue weighted by atomic mass is 9.80. The van der Waals surface area contributed by atoms with Crippen molar-refractivity contribution < 1.29 is 0 Å². The van der Waals surface area contributed by atoms with Crippen LogP contribution >= 0.6 is 0 Å². The summed E-state index contributed by atoms with van der Waals surface area (Å²) in [6.45, 7) is 13.9. The van der Waals surface area contributed by atoms with Crippen LogP contribution in [0.5, 0.6) is 0 Å². The zero-order chi connectivity index (χ0) is 28.5. The van der Waals surface area contributed by atoms with Gasteiger partial charge in [0.15, 0.2) is 0 Å². The van der Waals surface area contributed by atoms with Crippen molar-refractivity contribution in [3.8, 4) is 0 Å². The molecular formula is C40H37N.